The molecule has 0 saturated heterocycles. The molecule has 1 aromatic heterocycles. The van der Waals surface area contributed by atoms with E-state index < -0.39 is 17.8 Å². The van der Waals surface area contributed by atoms with E-state index in [2.05, 4.69) is 15.0 Å². The van der Waals surface area contributed by atoms with Crippen LogP contribution in [0.2, 0.25) is 0 Å². The number of hydrogen-bond donors (Lipinski definition) is 1. The summed E-state index contributed by atoms with van der Waals surface area (Å²) in [5, 5.41) is 3.96. The van der Waals surface area contributed by atoms with Crippen LogP contribution in [-0.2, 0) is 17.5 Å². The smallest absolute Gasteiger partial charge is 0.434 e. The summed E-state index contributed by atoms with van der Waals surface area (Å²) in [4.78, 5) is 14.7. The molecule has 0 unspecified atom stereocenters. The monoisotopic (exact) mass is 316 g/mol. The summed E-state index contributed by atoms with van der Waals surface area (Å²) in [5.74, 6) is -0.441. The van der Waals surface area contributed by atoms with Crippen LogP contribution in [0.4, 0.5) is 18.3 Å². The van der Waals surface area contributed by atoms with Crippen molar-refractivity contribution in [3.8, 4) is 0 Å². The Bertz CT molecular complexity index is 623. The topological polar surface area (TPSA) is 51.2 Å². The number of alkyl halides is 3. The number of hydrogen-bond acceptors (Lipinski definition) is 5. The number of benzene rings is 1. The molecule has 0 atom stereocenters. The molecule has 0 saturated carbocycles. The van der Waals surface area contributed by atoms with Crippen LogP contribution in [0.1, 0.15) is 21.6 Å². The van der Waals surface area contributed by atoms with E-state index >= 15 is 0 Å². The van der Waals surface area contributed by atoms with Crippen LogP contribution in [0.25, 0.3) is 0 Å². The molecule has 2 rings (SSSR count). The van der Waals surface area contributed by atoms with E-state index in [1.807, 2.05) is 0 Å². The van der Waals surface area contributed by atoms with E-state index in [1.165, 1.54) is 7.11 Å². The zero-order chi connectivity index (χ0) is 15.5. The Labute approximate surface area is 122 Å². The summed E-state index contributed by atoms with van der Waals surface area (Å²) in [6.07, 6.45) is -4.43. The molecule has 0 aliphatic heterocycles. The van der Waals surface area contributed by atoms with Gasteiger partial charge in [-0.2, -0.15) is 13.2 Å². The van der Waals surface area contributed by atoms with Crippen molar-refractivity contribution in [1.29, 1.82) is 0 Å². The van der Waals surface area contributed by atoms with Crippen molar-refractivity contribution in [2.24, 2.45) is 0 Å². The number of rotatable bonds is 4. The van der Waals surface area contributed by atoms with Gasteiger partial charge in [0.25, 0.3) is 0 Å². The number of anilines is 1. The first-order valence-corrected chi connectivity index (χ1v) is 6.72. The Balaban J connectivity index is 1.97. The van der Waals surface area contributed by atoms with Gasteiger partial charge in [-0.15, -0.1) is 11.3 Å². The molecule has 112 valence electrons. The van der Waals surface area contributed by atoms with E-state index in [1.54, 1.807) is 24.3 Å². The number of thiazole rings is 1. The first-order valence-electron chi connectivity index (χ1n) is 5.84. The van der Waals surface area contributed by atoms with Crippen molar-refractivity contribution in [2.75, 3.05) is 12.4 Å². The van der Waals surface area contributed by atoms with Gasteiger partial charge in [-0.3, -0.25) is 0 Å². The molecule has 0 amide bonds. The number of ether oxygens (including phenoxy) is 1. The lowest BCUT2D eigenvalue weighted by molar-refractivity contribution is -0.140. The highest BCUT2D eigenvalue weighted by atomic mass is 32.1. The molecule has 0 spiro atoms. The second kappa shape index (κ2) is 6.13. The van der Waals surface area contributed by atoms with Gasteiger partial charge in [-0.25, -0.2) is 9.78 Å². The third-order valence-electron chi connectivity index (χ3n) is 2.61. The molecule has 0 aliphatic carbocycles. The predicted molar refractivity (Wildman–Crippen MR) is 72.2 cm³/mol. The van der Waals surface area contributed by atoms with Gasteiger partial charge in [0.2, 0.25) is 0 Å². The molecule has 1 N–H and O–H groups in total. The lowest BCUT2D eigenvalue weighted by Gasteiger charge is -2.04. The molecule has 21 heavy (non-hydrogen) atoms. The SMILES string of the molecule is COC(=O)c1ccc(CNc2nc(C(F)(F)F)cs2)cc1. The highest BCUT2D eigenvalue weighted by molar-refractivity contribution is 7.13. The van der Waals surface area contributed by atoms with Crippen molar-refractivity contribution in [3.05, 3.63) is 46.5 Å². The average molecular weight is 316 g/mol. The van der Waals surface area contributed by atoms with Gasteiger partial charge in [-0.1, -0.05) is 12.1 Å². The van der Waals surface area contributed by atoms with Crippen molar-refractivity contribution >= 4 is 22.4 Å². The van der Waals surface area contributed by atoms with E-state index in [4.69, 9.17) is 0 Å². The second-order valence-corrected chi connectivity index (χ2v) is 4.94. The molecule has 8 heteroatoms. The van der Waals surface area contributed by atoms with Crippen LogP contribution in [-0.4, -0.2) is 18.1 Å². The van der Waals surface area contributed by atoms with E-state index in [-0.39, 0.29) is 5.13 Å². The Morgan fingerprint density at radius 3 is 2.52 bits per heavy atom. The highest BCUT2D eigenvalue weighted by Crippen LogP contribution is 2.31. The number of esters is 1. The van der Waals surface area contributed by atoms with Gasteiger partial charge < -0.3 is 10.1 Å². The molecule has 1 heterocycles. The molecule has 0 aliphatic rings. The van der Waals surface area contributed by atoms with Crippen molar-refractivity contribution in [1.82, 2.24) is 4.98 Å². The fraction of sp³-hybridized carbons (Fsp3) is 0.231. The summed E-state index contributed by atoms with van der Waals surface area (Å²) in [7, 11) is 1.29. The van der Waals surface area contributed by atoms with Gasteiger partial charge in [0.05, 0.1) is 12.7 Å². The number of halogens is 3. The largest absolute Gasteiger partial charge is 0.465 e. The van der Waals surface area contributed by atoms with Gasteiger partial charge in [0.15, 0.2) is 10.8 Å². The molecule has 2 aromatic rings. The maximum atomic E-state index is 12.4. The van der Waals surface area contributed by atoms with Gasteiger partial charge in [0, 0.05) is 11.9 Å². The molecular formula is C13H11F3N2O2S. The molecule has 0 bridgehead atoms. The van der Waals surface area contributed by atoms with Crippen LogP contribution in [0, 0.1) is 0 Å². The summed E-state index contributed by atoms with van der Waals surface area (Å²) < 4.78 is 41.7. The standard InChI is InChI=1S/C13H11F3N2O2S/c1-20-11(19)9-4-2-8(3-5-9)6-17-12-18-10(7-21-12)13(14,15)16/h2-5,7H,6H2,1H3,(H,17,18). The fourth-order valence-electron chi connectivity index (χ4n) is 1.54. The minimum atomic E-state index is -4.43. The summed E-state index contributed by atoms with van der Waals surface area (Å²) in [5.41, 5.74) is 0.317. The van der Waals surface area contributed by atoms with Crippen LogP contribution in [0.3, 0.4) is 0 Å². The van der Waals surface area contributed by atoms with Gasteiger partial charge >= 0.3 is 12.1 Å². The zero-order valence-corrected chi connectivity index (χ0v) is 11.7. The van der Waals surface area contributed by atoms with Crippen molar-refractivity contribution < 1.29 is 22.7 Å². The third kappa shape index (κ3) is 3.94. The number of nitrogens with one attached hydrogen (secondary N) is 1. The summed E-state index contributed by atoms with van der Waals surface area (Å²) in [6, 6.07) is 6.56. The van der Waals surface area contributed by atoms with Crippen LogP contribution in [0.15, 0.2) is 29.6 Å². The lowest BCUT2D eigenvalue weighted by Crippen LogP contribution is -2.06. The molecule has 0 radical (unpaired) electrons. The Kier molecular flexibility index (Phi) is 4.46. The van der Waals surface area contributed by atoms with Gasteiger partial charge in [-0.05, 0) is 17.7 Å². The molecular weight excluding hydrogens is 305 g/mol. The summed E-state index contributed by atoms with van der Waals surface area (Å²) >= 11 is 0.891. The number of methoxy groups -OCH3 is 1. The zero-order valence-electron chi connectivity index (χ0n) is 10.9. The average Bonchev–Trinajstić information content (AvgIpc) is 2.94. The highest BCUT2D eigenvalue weighted by Gasteiger charge is 2.33. The van der Waals surface area contributed by atoms with Crippen LogP contribution in [0.5, 0.6) is 0 Å². The van der Waals surface area contributed by atoms with Crippen LogP contribution >= 0.6 is 11.3 Å². The predicted octanol–water partition coefficient (Wildman–Crippen LogP) is 3.56. The molecule has 4 nitrogen and oxygen atoms in total. The number of carbonyl (C=O) groups excluding carboxylic acids is 1. The third-order valence-corrected chi connectivity index (χ3v) is 3.41. The fourth-order valence-corrected chi connectivity index (χ4v) is 2.26. The van der Waals surface area contributed by atoms with Crippen molar-refractivity contribution in [3.63, 3.8) is 0 Å². The Morgan fingerprint density at radius 1 is 1.33 bits per heavy atom. The second-order valence-electron chi connectivity index (χ2n) is 4.08. The Hall–Kier alpha value is -2.09. The maximum absolute atomic E-state index is 12.4. The molecule has 1 aromatic carbocycles. The lowest BCUT2D eigenvalue weighted by atomic mass is 10.1. The minimum absolute atomic E-state index is 0.194. The van der Waals surface area contributed by atoms with E-state index in [0.29, 0.717) is 12.1 Å². The van der Waals surface area contributed by atoms with Crippen molar-refractivity contribution in [2.45, 2.75) is 12.7 Å². The first-order chi connectivity index (χ1) is 9.90. The molecule has 0 fully saturated rings. The normalized spacial score (nSPS) is 11.2. The van der Waals surface area contributed by atoms with Gasteiger partial charge in [0.1, 0.15) is 0 Å². The summed E-state index contributed by atoms with van der Waals surface area (Å²) in [6.45, 7) is 0.312. The van der Waals surface area contributed by atoms with E-state index in [9.17, 15) is 18.0 Å². The number of aromatic nitrogens is 1. The first kappa shape index (κ1) is 15.3. The van der Waals surface area contributed by atoms with Crippen LogP contribution < -0.4 is 5.32 Å². The maximum Gasteiger partial charge on any atom is 0.434 e. The number of nitrogens with zero attached hydrogens (tertiary/aromatic N) is 1. The number of carbonyl (C=O) groups is 1. The minimum Gasteiger partial charge on any atom is -0.465 e. The quantitative estimate of drug-likeness (QED) is 0.876. The van der Waals surface area contributed by atoms with E-state index in [0.717, 1.165) is 22.3 Å². The Morgan fingerprint density at radius 2 is 2.00 bits per heavy atom.